The molecule has 1 aromatic heterocycles. The fourth-order valence-electron chi connectivity index (χ4n) is 4.36. The van der Waals surface area contributed by atoms with Gasteiger partial charge in [0.15, 0.2) is 0 Å². The van der Waals surface area contributed by atoms with Crippen LogP contribution in [0.3, 0.4) is 0 Å². The number of ether oxygens (including phenoxy) is 1. The lowest BCUT2D eigenvalue weighted by atomic mass is 10.1. The largest absolute Gasteiger partial charge is 0.489 e. The minimum atomic E-state index is -0.177. The number of hydrogen-bond donors (Lipinski definition) is 1. The van der Waals surface area contributed by atoms with Gasteiger partial charge in [-0.2, -0.15) is 0 Å². The van der Waals surface area contributed by atoms with Gasteiger partial charge in [0.1, 0.15) is 18.2 Å². The maximum atomic E-state index is 13.4. The van der Waals surface area contributed by atoms with Gasteiger partial charge in [-0.15, -0.1) is 12.4 Å². The number of amides is 1. The Morgan fingerprint density at radius 3 is 2.65 bits per heavy atom. The van der Waals surface area contributed by atoms with E-state index in [-0.39, 0.29) is 36.0 Å². The average Bonchev–Trinajstić information content (AvgIpc) is 3.48. The molecule has 2 fully saturated rings. The molecule has 0 unspecified atom stereocenters. The van der Waals surface area contributed by atoms with Crippen molar-refractivity contribution >= 4 is 29.2 Å². The van der Waals surface area contributed by atoms with Crippen molar-refractivity contribution in [2.75, 3.05) is 13.1 Å². The summed E-state index contributed by atoms with van der Waals surface area (Å²) in [5, 5.41) is 3.50. The van der Waals surface area contributed by atoms with Crippen molar-refractivity contribution < 1.29 is 9.53 Å². The summed E-state index contributed by atoms with van der Waals surface area (Å²) < 4.78 is 7.73. The second kappa shape index (κ2) is 9.76. The van der Waals surface area contributed by atoms with Crippen molar-refractivity contribution in [2.24, 2.45) is 0 Å². The summed E-state index contributed by atoms with van der Waals surface area (Å²) in [6.45, 7) is 8.23. The van der Waals surface area contributed by atoms with Crippen LogP contribution in [0.5, 0.6) is 5.75 Å². The van der Waals surface area contributed by atoms with Gasteiger partial charge in [-0.1, -0.05) is 6.07 Å². The molecule has 1 aliphatic carbocycles. The Morgan fingerprint density at radius 1 is 1.15 bits per heavy atom. The van der Waals surface area contributed by atoms with Crippen molar-refractivity contribution in [1.29, 1.82) is 0 Å². The molecule has 1 aliphatic heterocycles. The molecule has 2 heterocycles. The summed E-state index contributed by atoms with van der Waals surface area (Å²) >= 11 is 0. The smallest absolute Gasteiger partial charge is 0.265 e. The molecule has 1 N–H and O–H groups in total. The van der Waals surface area contributed by atoms with Gasteiger partial charge in [0.25, 0.3) is 11.5 Å². The third-order valence-electron chi connectivity index (χ3n) is 6.58. The highest BCUT2D eigenvalue weighted by molar-refractivity contribution is 5.95. The molecule has 1 atom stereocenters. The molecule has 8 heteroatoms. The number of aryl methyl sites for hydroxylation is 1. The summed E-state index contributed by atoms with van der Waals surface area (Å²) in [7, 11) is 0. The lowest BCUT2D eigenvalue weighted by molar-refractivity contribution is 0.0951. The highest BCUT2D eigenvalue weighted by atomic mass is 35.5. The molecule has 34 heavy (non-hydrogen) atoms. The first-order valence-corrected chi connectivity index (χ1v) is 11.7. The number of nitrogens with one attached hydrogen (secondary N) is 1. The van der Waals surface area contributed by atoms with Gasteiger partial charge in [-0.25, -0.2) is 4.98 Å². The number of benzene rings is 2. The molecule has 1 saturated heterocycles. The Kier molecular flexibility index (Phi) is 6.96. The van der Waals surface area contributed by atoms with Crippen molar-refractivity contribution in [2.45, 2.75) is 58.2 Å². The highest BCUT2D eigenvalue weighted by Gasteiger charge is 2.26. The van der Waals surface area contributed by atoms with Crippen LogP contribution in [0.25, 0.3) is 16.6 Å². The Labute approximate surface area is 205 Å². The molecule has 2 aliphatic rings. The van der Waals surface area contributed by atoms with Gasteiger partial charge in [0, 0.05) is 30.7 Å². The zero-order valence-corrected chi connectivity index (χ0v) is 20.6. The first-order chi connectivity index (χ1) is 15.9. The van der Waals surface area contributed by atoms with E-state index in [0.717, 1.165) is 37.9 Å². The molecule has 5 rings (SSSR count). The molecule has 0 radical (unpaired) electrons. The van der Waals surface area contributed by atoms with Gasteiger partial charge in [0.05, 0.1) is 16.6 Å². The maximum absolute atomic E-state index is 13.4. The van der Waals surface area contributed by atoms with Crippen LogP contribution in [-0.2, 0) is 0 Å². The van der Waals surface area contributed by atoms with Crippen molar-refractivity contribution in [3.8, 4) is 11.4 Å². The molecular formula is C26H31ClN4O3. The number of likely N-dealkylation sites (tertiary alicyclic amines) is 1. The Balaban J connectivity index is 0.00000274. The number of rotatable bonds is 6. The molecule has 7 nitrogen and oxygen atoms in total. The second-order valence-electron chi connectivity index (χ2n) is 9.46. The van der Waals surface area contributed by atoms with Crippen LogP contribution in [0.15, 0.2) is 47.5 Å². The van der Waals surface area contributed by atoms with E-state index in [1.54, 1.807) is 18.2 Å². The number of nitrogens with zero attached hydrogens (tertiary/aromatic N) is 3. The number of halogens is 1. The van der Waals surface area contributed by atoms with Crippen LogP contribution in [0.4, 0.5) is 0 Å². The predicted octanol–water partition coefficient (Wildman–Crippen LogP) is 3.87. The van der Waals surface area contributed by atoms with E-state index >= 15 is 0 Å². The van der Waals surface area contributed by atoms with Crippen LogP contribution >= 0.6 is 12.4 Å². The summed E-state index contributed by atoms with van der Waals surface area (Å²) in [5.41, 5.74) is 2.55. The molecule has 1 saturated carbocycles. The minimum Gasteiger partial charge on any atom is -0.489 e. The zero-order valence-electron chi connectivity index (χ0n) is 19.8. The van der Waals surface area contributed by atoms with Gasteiger partial charge in [-0.3, -0.25) is 19.1 Å². The van der Waals surface area contributed by atoms with E-state index in [9.17, 15) is 9.59 Å². The number of carbonyl (C=O) groups is 1. The fourth-order valence-corrected chi connectivity index (χ4v) is 4.36. The molecule has 180 valence electrons. The Bertz CT molecular complexity index is 1270. The summed E-state index contributed by atoms with van der Waals surface area (Å²) in [5.74, 6) is 0.576. The van der Waals surface area contributed by atoms with Crippen LogP contribution in [0, 0.1) is 6.92 Å². The maximum Gasteiger partial charge on any atom is 0.265 e. The van der Waals surface area contributed by atoms with Gasteiger partial charge < -0.3 is 10.1 Å². The Hall–Kier alpha value is -2.90. The quantitative estimate of drug-likeness (QED) is 0.577. The lowest BCUT2D eigenvalue weighted by Crippen LogP contribution is -2.30. The van der Waals surface area contributed by atoms with E-state index in [4.69, 9.17) is 4.74 Å². The van der Waals surface area contributed by atoms with E-state index < -0.39 is 0 Å². The highest BCUT2D eigenvalue weighted by Crippen LogP contribution is 2.24. The molecule has 2 aromatic carbocycles. The standard InChI is InChI=1S/C26H30N4O3.ClH/c1-16(2)29-11-10-21(14-29)33-20-8-9-23-22(13-20)26(32)30(15-27-23)24-12-18(5-4-17(24)3)25(31)28-19-6-7-19;/h4-5,8-9,12-13,15-16,19,21H,6-7,10-11,14H2,1-3H3,(H,28,31);1H/t21-;/m0./s1. The van der Waals surface area contributed by atoms with Crippen LogP contribution in [-0.4, -0.2) is 51.6 Å². The SMILES string of the molecule is Cc1ccc(C(=O)NC2CC2)cc1-n1cnc2ccc(O[C@H]3CCN(C(C)C)C3)cc2c1=O.Cl. The van der Waals surface area contributed by atoms with Gasteiger partial charge >= 0.3 is 0 Å². The zero-order chi connectivity index (χ0) is 23.1. The Morgan fingerprint density at radius 2 is 1.94 bits per heavy atom. The lowest BCUT2D eigenvalue weighted by Gasteiger charge is -2.20. The van der Waals surface area contributed by atoms with Gasteiger partial charge in [-0.05, 0) is 75.9 Å². The number of carbonyl (C=O) groups excluding carboxylic acids is 1. The third kappa shape index (κ3) is 4.95. The molecule has 0 bridgehead atoms. The topological polar surface area (TPSA) is 76.5 Å². The fraction of sp³-hybridized carbons (Fsp3) is 0.423. The van der Waals surface area contributed by atoms with Crippen LogP contribution in [0.2, 0.25) is 0 Å². The first kappa shape index (κ1) is 24.2. The van der Waals surface area contributed by atoms with Crippen LogP contribution < -0.4 is 15.6 Å². The molecular weight excluding hydrogens is 452 g/mol. The monoisotopic (exact) mass is 482 g/mol. The first-order valence-electron chi connectivity index (χ1n) is 11.7. The van der Waals surface area contributed by atoms with E-state index in [2.05, 4.69) is 29.0 Å². The van der Waals surface area contributed by atoms with Crippen molar-refractivity contribution in [1.82, 2.24) is 19.8 Å². The number of fused-ring (bicyclic) bond motifs is 1. The second-order valence-corrected chi connectivity index (χ2v) is 9.46. The average molecular weight is 483 g/mol. The van der Waals surface area contributed by atoms with Crippen molar-refractivity contribution in [3.05, 3.63) is 64.2 Å². The third-order valence-corrected chi connectivity index (χ3v) is 6.58. The van der Waals surface area contributed by atoms with E-state index in [1.807, 2.05) is 25.1 Å². The molecule has 0 spiro atoms. The normalized spacial score (nSPS) is 18.2. The van der Waals surface area contributed by atoms with Gasteiger partial charge in [0.2, 0.25) is 0 Å². The number of hydrogen-bond acceptors (Lipinski definition) is 5. The predicted molar refractivity (Wildman–Crippen MR) is 136 cm³/mol. The molecule has 1 amide bonds. The molecule has 3 aromatic rings. The number of aromatic nitrogens is 2. The van der Waals surface area contributed by atoms with Crippen molar-refractivity contribution in [3.63, 3.8) is 0 Å². The van der Waals surface area contributed by atoms with Crippen LogP contribution in [0.1, 0.15) is 49.0 Å². The van der Waals surface area contributed by atoms with E-state index in [1.165, 1.54) is 10.9 Å². The summed E-state index contributed by atoms with van der Waals surface area (Å²) in [6, 6.07) is 11.7. The summed E-state index contributed by atoms with van der Waals surface area (Å²) in [4.78, 5) is 32.9. The van der Waals surface area contributed by atoms with E-state index in [0.29, 0.717) is 33.9 Å². The minimum absolute atomic E-state index is 0. The summed E-state index contributed by atoms with van der Waals surface area (Å²) in [6.07, 6.45) is 4.68.